The van der Waals surface area contributed by atoms with E-state index in [1.54, 1.807) is 24.3 Å². The average Bonchev–Trinajstić information content (AvgIpc) is 3.48. The largest absolute Gasteiger partial charge is 0.493 e. The maximum atomic E-state index is 13.3. The van der Waals surface area contributed by atoms with Crippen molar-refractivity contribution in [1.82, 2.24) is 0 Å². The average molecular weight is 701 g/mol. The van der Waals surface area contributed by atoms with Crippen LogP contribution in [0.3, 0.4) is 0 Å². The molecular weight excluding hydrogens is 657 g/mol. The topological polar surface area (TPSA) is 76.7 Å². The van der Waals surface area contributed by atoms with Gasteiger partial charge in [-0.3, -0.25) is 9.59 Å². The number of carbonyl (C=O) groups is 2. The molecule has 0 bridgehead atoms. The Kier molecular flexibility index (Phi) is 10.1. The van der Waals surface area contributed by atoms with Gasteiger partial charge in [-0.1, -0.05) is 113 Å². The molecule has 0 saturated heterocycles. The molecule has 6 nitrogen and oxygen atoms in total. The first-order chi connectivity index (χ1) is 25.7. The van der Waals surface area contributed by atoms with Crippen molar-refractivity contribution in [3.05, 3.63) is 179 Å². The van der Waals surface area contributed by atoms with Gasteiger partial charge in [0.15, 0.2) is 0 Å². The van der Waals surface area contributed by atoms with Gasteiger partial charge in [-0.15, -0.1) is 0 Å². The van der Waals surface area contributed by atoms with Gasteiger partial charge in [-0.2, -0.15) is 0 Å². The highest BCUT2D eigenvalue weighted by Gasteiger charge is 2.45. The van der Waals surface area contributed by atoms with E-state index >= 15 is 0 Å². The molecule has 0 fully saturated rings. The Morgan fingerprint density at radius 2 is 0.906 bits per heavy atom. The zero-order valence-corrected chi connectivity index (χ0v) is 30.6. The third kappa shape index (κ3) is 7.31. The quantitative estimate of drug-likeness (QED) is 0.133. The number of benzene rings is 6. The molecule has 266 valence electrons. The summed E-state index contributed by atoms with van der Waals surface area (Å²) in [5, 5.41) is 6.14. The van der Waals surface area contributed by atoms with Gasteiger partial charge in [0.1, 0.15) is 11.5 Å². The molecule has 0 spiro atoms. The van der Waals surface area contributed by atoms with Crippen LogP contribution in [0.15, 0.2) is 146 Å². The van der Waals surface area contributed by atoms with Crippen LogP contribution in [-0.4, -0.2) is 25.0 Å². The van der Waals surface area contributed by atoms with Crippen LogP contribution >= 0.6 is 0 Å². The summed E-state index contributed by atoms with van der Waals surface area (Å²) in [4.78, 5) is 26.6. The van der Waals surface area contributed by atoms with E-state index in [4.69, 9.17) is 9.47 Å². The molecule has 53 heavy (non-hydrogen) atoms. The maximum Gasteiger partial charge on any atom is 0.255 e. The molecule has 7 rings (SSSR count). The molecule has 0 heterocycles. The monoisotopic (exact) mass is 700 g/mol. The Hall–Kier alpha value is -6.14. The van der Waals surface area contributed by atoms with Gasteiger partial charge < -0.3 is 20.1 Å². The second-order valence-electron chi connectivity index (χ2n) is 14.4. The number of carbonyl (C=O) groups excluding carboxylic acids is 2. The van der Waals surface area contributed by atoms with Gasteiger partial charge in [0, 0.05) is 22.5 Å². The van der Waals surface area contributed by atoms with Gasteiger partial charge in [-0.25, -0.2) is 0 Å². The summed E-state index contributed by atoms with van der Waals surface area (Å²) in [6.07, 6.45) is 0. The highest BCUT2D eigenvalue weighted by atomic mass is 16.5. The first kappa shape index (κ1) is 35.3. The van der Waals surface area contributed by atoms with Crippen molar-refractivity contribution in [2.45, 2.75) is 33.1 Å². The number of anilines is 2. The minimum atomic E-state index is -0.636. The van der Waals surface area contributed by atoms with E-state index in [1.807, 2.05) is 48.5 Å². The fourth-order valence-corrected chi connectivity index (χ4v) is 7.02. The number of rotatable bonds is 12. The van der Waals surface area contributed by atoms with Crippen molar-refractivity contribution in [2.24, 2.45) is 11.8 Å². The van der Waals surface area contributed by atoms with E-state index in [1.165, 1.54) is 22.3 Å². The number of nitrogens with one attached hydrogen (secondary N) is 2. The number of ether oxygens (including phenoxy) is 2. The van der Waals surface area contributed by atoms with Crippen molar-refractivity contribution in [2.75, 3.05) is 23.8 Å². The third-order valence-corrected chi connectivity index (χ3v) is 9.46. The molecule has 0 unspecified atom stereocenters. The lowest BCUT2D eigenvalue weighted by molar-refractivity contribution is 0.101. The molecule has 0 atom stereocenters. The molecule has 0 aliphatic heterocycles. The summed E-state index contributed by atoms with van der Waals surface area (Å²) < 4.78 is 11.7. The number of hydrogen-bond donors (Lipinski definition) is 2. The van der Waals surface area contributed by atoms with E-state index in [-0.39, 0.29) is 11.8 Å². The van der Waals surface area contributed by atoms with Gasteiger partial charge in [0.05, 0.1) is 18.6 Å². The highest BCUT2D eigenvalue weighted by Crippen LogP contribution is 2.56. The van der Waals surface area contributed by atoms with Crippen molar-refractivity contribution in [1.29, 1.82) is 0 Å². The molecule has 2 N–H and O–H groups in total. The van der Waals surface area contributed by atoms with Crippen LogP contribution in [-0.2, 0) is 5.41 Å². The molecule has 0 saturated carbocycles. The summed E-state index contributed by atoms with van der Waals surface area (Å²) >= 11 is 0. The van der Waals surface area contributed by atoms with E-state index in [2.05, 4.69) is 111 Å². The van der Waals surface area contributed by atoms with Crippen LogP contribution in [0.2, 0.25) is 0 Å². The lowest BCUT2D eigenvalue weighted by Crippen LogP contribution is -2.28. The van der Waals surface area contributed by atoms with Crippen LogP contribution in [0.1, 0.15) is 70.7 Å². The van der Waals surface area contributed by atoms with E-state index < -0.39 is 5.41 Å². The Bertz CT molecular complexity index is 2080. The van der Waals surface area contributed by atoms with Gasteiger partial charge in [0.25, 0.3) is 11.8 Å². The zero-order valence-electron chi connectivity index (χ0n) is 30.6. The number of fused-ring (bicyclic) bond motifs is 3. The van der Waals surface area contributed by atoms with Gasteiger partial charge >= 0.3 is 0 Å². The van der Waals surface area contributed by atoms with Gasteiger partial charge in [0.2, 0.25) is 0 Å². The van der Waals surface area contributed by atoms with E-state index in [9.17, 15) is 9.59 Å². The molecule has 1 aliphatic rings. The second-order valence-corrected chi connectivity index (χ2v) is 14.4. The molecule has 6 aromatic carbocycles. The smallest absolute Gasteiger partial charge is 0.255 e. The first-order valence-electron chi connectivity index (χ1n) is 18.2. The molecule has 6 heteroatoms. The maximum absolute atomic E-state index is 13.3. The van der Waals surface area contributed by atoms with Crippen LogP contribution in [0.4, 0.5) is 11.4 Å². The molecular formula is C47H44N2O4. The predicted octanol–water partition coefficient (Wildman–Crippen LogP) is 10.6. The van der Waals surface area contributed by atoms with Crippen molar-refractivity contribution in [3.8, 4) is 22.6 Å². The fourth-order valence-electron chi connectivity index (χ4n) is 7.02. The standard InChI is InChI=1S/C47H44N2O4/c1-31(2)29-52-39-13-9-11-33(27-39)45(50)48-37-23-19-35(20-24-37)47(43-17-7-5-15-41(43)42-16-6-8-18-44(42)47)36-21-25-38(26-22-36)49-46(51)34-12-10-14-40(28-34)53-30-32(3)4/h5-28,31-32H,29-30H2,1-4H3,(H,48,50)(H,49,51). The van der Waals surface area contributed by atoms with Crippen molar-refractivity contribution >= 4 is 23.2 Å². The van der Waals surface area contributed by atoms with Crippen LogP contribution < -0.4 is 20.1 Å². The third-order valence-electron chi connectivity index (χ3n) is 9.46. The Labute approximate surface area is 311 Å². The second kappa shape index (κ2) is 15.2. The lowest BCUT2D eigenvalue weighted by atomic mass is 9.67. The number of hydrogen-bond acceptors (Lipinski definition) is 4. The predicted molar refractivity (Wildman–Crippen MR) is 213 cm³/mol. The highest BCUT2D eigenvalue weighted by molar-refractivity contribution is 6.05. The fraction of sp³-hybridized carbons (Fsp3) is 0.191. The molecule has 1 aliphatic carbocycles. The molecule has 6 aromatic rings. The number of amides is 2. The summed E-state index contributed by atoms with van der Waals surface area (Å²) in [6, 6.07) is 47.9. The van der Waals surface area contributed by atoms with Crippen LogP contribution in [0, 0.1) is 11.8 Å². The summed E-state index contributed by atoms with van der Waals surface area (Å²) in [6.45, 7) is 9.54. The SMILES string of the molecule is CC(C)COc1cccc(C(=O)Nc2ccc(C3(c4ccc(NC(=O)c5cccc(OCC(C)C)c5)cc4)c4ccccc4-c4ccccc43)cc2)c1. The van der Waals surface area contributed by atoms with Crippen molar-refractivity contribution in [3.63, 3.8) is 0 Å². The van der Waals surface area contributed by atoms with Crippen molar-refractivity contribution < 1.29 is 19.1 Å². The van der Waals surface area contributed by atoms with Crippen LogP contribution in [0.5, 0.6) is 11.5 Å². The Balaban J connectivity index is 1.19. The minimum absolute atomic E-state index is 0.202. The summed E-state index contributed by atoms with van der Waals surface area (Å²) in [5.41, 5.74) is 8.64. The molecule has 0 aromatic heterocycles. The van der Waals surface area contributed by atoms with E-state index in [0.717, 1.165) is 11.1 Å². The minimum Gasteiger partial charge on any atom is -0.493 e. The Morgan fingerprint density at radius 1 is 0.509 bits per heavy atom. The molecule has 0 radical (unpaired) electrons. The normalized spacial score (nSPS) is 12.6. The molecule has 2 amide bonds. The van der Waals surface area contributed by atoms with E-state index in [0.29, 0.717) is 59.1 Å². The summed E-state index contributed by atoms with van der Waals surface area (Å²) in [5.74, 6) is 1.71. The Morgan fingerprint density at radius 3 is 1.30 bits per heavy atom. The zero-order chi connectivity index (χ0) is 37.0. The summed E-state index contributed by atoms with van der Waals surface area (Å²) in [7, 11) is 0. The van der Waals surface area contributed by atoms with Crippen LogP contribution in [0.25, 0.3) is 11.1 Å². The lowest BCUT2D eigenvalue weighted by Gasteiger charge is -2.34. The first-order valence-corrected chi connectivity index (χ1v) is 18.2. The van der Waals surface area contributed by atoms with Gasteiger partial charge in [-0.05, 0) is 106 Å².